The lowest BCUT2D eigenvalue weighted by Crippen LogP contribution is -2.27. The van der Waals surface area contributed by atoms with Gasteiger partial charge in [-0.25, -0.2) is 9.18 Å². The molecule has 0 aromatic heterocycles. The van der Waals surface area contributed by atoms with Gasteiger partial charge >= 0.3 is 6.09 Å². The molecule has 1 N–H and O–H groups in total. The molecule has 0 bridgehead atoms. The molecule has 0 aliphatic rings. The Morgan fingerprint density at radius 1 is 1.18 bits per heavy atom. The second-order valence-electron chi connectivity index (χ2n) is 6.90. The van der Waals surface area contributed by atoms with Gasteiger partial charge in [-0.15, -0.1) is 0 Å². The molecule has 0 spiro atoms. The number of rotatable bonds is 6. The van der Waals surface area contributed by atoms with Crippen LogP contribution in [0.2, 0.25) is 0 Å². The van der Waals surface area contributed by atoms with Crippen molar-refractivity contribution in [1.82, 2.24) is 0 Å². The highest BCUT2D eigenvalue weighted by atomic mass is 19.1. The molecule has 0 heterocycles. The average Bonchev–Trinajstić information content (AvgIpc) is 2.60. The van der Waals surface area contributed by atoms with E-state index in [0.29, 0.717) is 18.0 Å². The zero-order valence-electron chi connectivity index (χ0n) is 16.5. The summed E-state index contributed by atoms with van der Waals surface area (Å²) in [5.41, 5.74) is 0.590. The van der Waals surface area contributed by atoms with Gasteiger partial charge in [0.05, 0.1) is 17.9 Å². The van der Waals surface area contributed by atoms with Crippen LogP contribution in [0, 0.1) is 5.82 Å². The maximum absolute atomic E-state index is 14.3. The van der Waals surface area contributed by atoms with E-state index in [1.807, 2.05) is 13.0 Å². The van der Waals surface area contributed by atoms with Crippen LogP contribution in [0.15, 0.2) is 59.3 Å². The number of benzene rings is 2. The van der Waals surface area contributed by atoms with Gasteiger partial charge in [-0.1, -0.05) is 18.7 Å². The summed E-state index contributed by atoms with van der Waals surface area (Å²) in [6.45, 7) is 11.5. The number of hydrogen-bond acceptors (Lipinski definition) is 5. The Hall–Kier alpha value is -3.22. The molecule has 7 heteroatoms. The Balaban J connectivity index is 2.09. The fraction of sp³-hybridized carbons (Fsp3) is 0.286. The summed E-state index contributed by atoms with van der Waals surface area (Å²) in [6, 6.07) is 11.2. The molecule has 28 heavy (non-hydrogen) atoms. The van der Waals surface area contributed by atoms with E-state index in [4.69, 9.17) is 9.47 Å². The van der Waals surface area contributed by atoms with Crippen LogP contribution in [0.4, 0.5) is 14.9 Å². The number of hydrogen-bond donors (Lipinski definition) is 1. The first-order chi connectivity index (χ1) is 13.2. The SMILES string of the molecule is C=C(/N=N\CC)c1cccc(Oc2ccc(NC(=O)OC(C)(C)C)c(F)c2)c1. The van der Waals surface area contributed by atoms with E-state index in [9.17, 15) is 9.18 Å². The molecule has 2 aromatic carbocycles. The molecule has 148 valence electrons. The summed E-state index contributed by atoms with van der Waals surface area (Å²) in [5.74, 6) is 0.142. The summed E-state index contributed by atoms with van der Waals surface area (Å²) in [7, 11) is 0. The number of amides is 1. The summed E-state index contributed by atoms with van der Waals surface area (Å²) in [6.07, 6.45) is -0.729. The van der Waals surface area contributed by atoms with Crippen LogP contribution in [-0.2, 0) is 4.74 Å². The van der Waals surface area contributed by atoms with Crippen molar-refractivity contribution in [2.45, 2.75) is 33.3 Å². The molecular weight excluding hydrogens is 361 g/mol. The number of anilines is 1. The van der Waals surface area contributed by atoms with Crippen molar-refractivity contribution in [2.75, 3.05) is 11.9 Å². The predicted molar refractivity (Wildman–Crippen MR) is 107 cm³/mol. The third kappa shape index (κ3) is 6.50. The largest absolute Gasteiger partial charge is 0.457 e. The molecular formula is C21H24FN3O3. The Morgan fingerprint density at radius 3 is 2.54 bits per heavy atom. The Labute approximate surface area is 164 Å². The van der Waals surface area contributed by atoms with Gasteiger partial charge in [-0.2, -0.15) is 10.2 Å². The van der Waals surface area contributed by atoms with Gasteiger partial charge < -0.3 is 9.47 Å². The minimum Gasteiger partial charge on any atom is -0.457 e. The smallest absolute Gasteiger partial charge is 0.412 e. The van der Waals surface area contributed by atoms with Gasteiger partial charge in [0.2, 0.25) is 0 Å². The van der Waals surface area contributed by atoms with E-state index in [-0.39, 0.29) is 11.4 Å². The molecule has 0 atom stereocenters. The monoisotopic (exact) mass is 385 g/mol. The zero-order chi connectivity index (χ0) is 20.7. The number of nitrogens with zero attached hydrogens (tertiary/aromatic N) is 2. The maximum Gasteiger partial charge on any atom is 0.412 e. The first-order valence-corrected chi connectivity index (χ1v) is 8.82. The second kappa shape index (κ2) is 9.12. The molecule has 2 aromatic rings. The van der Waals surface area contributed by atoms with Crippen molar-refractivity contribution in [3.63, 3.8) is 0 Å². The number of carbonyl (C=O) groups excluding carboxylic acids is 1. The Bertz CT molecular complexity index is 889. The summed E-state index contributed by atoms with van der Waals surface area (Å²) in [5, 5.41) is 10.3. The average molecular weight is 385 g/mol. The van der Waals surface area contributed by atoms with Gasteiger partial charge in [-0.05, 0) is 52.0 Å². The maximum atomic E-state index is 14.3. The highest BCUT2D eigenvalue weighted by Crippen LogP contribution is 2.28. The molecule has 0 saturated heterocycles. The van der Waals surface area contributed by atoms with Crippen LogP contribution in [-0.4, -0.2) is 18.2 Å². The lowest BCUT2D eigenvalue weighted by Gasteiger charge is -2.19. The number of azo groups is 1. The fourth-order valence-corrected chi connectivity index (χ4v) is 2.16. The third-order valence-electron chi connectivity index (χ3n) is 3.31. The van der Waals surface area contributed by atoms with E-state index in [0.717, 1.165) is 5.56 Å². The van der Waals surface area contributed by atoms with Crippen LogP contribution in [0.25, 0.3) is 5.70 Å². The van der Waals surface area contributed by atoms with Crippen molar-refractivity contribution in [1.29, 1.82) is 0 Å². The van der Waals surface area contributed by atoms with Gasteiger partial charge in [0, 0.05) is 11.6 Å². The standard InChI is InChI=1S/C21H24FN3O3/c1-6-23-25-14(2)15-8-7-9-16(12-15)27-17-10-11-19(18(22)13-17)24-20(26)28-21(3,4)5/h7-13H,2,6H2,1,3-5H3,(H,24,26)/b25-23-. The van der Waals surface area contributed by atoms with Crippen molar-refractivity contribution in [2.24, 2.45) is 10.2 Å². The summed E-state index contributed by atoms with van der Waals surface area (Å²) >= 11 is 0. The topological polar surface area (TPSA) is 72.3 Å². The molecule has 6 nitrogen and oxygen atoms in total. The van der Waals surface area contributed by atoms with Crippen LogP contribution in [0.5, 0.6) is 11.5 Å². The first-order valence-electron chi connectivity index (χ1n) is 8.82. The van der Waals surface area contributed by atoms with Crippen LogP contribution in [0.3, 0.4) is 0 Å². The highest BCUT2D eigenvalue weighted by Gasteiger charge is 2.17. The molecule has 0 saturated carbocycles. The van der Waals surface area contributed by atoms with Gasteiger partial charge in [0.15, 0.2) is 5.82 Å². The minimum absolute atomic E-state index is 0.00343. The van der Waals surface area contributed by atoms with Crippen LogP contribution >= 0.6 is 0 Å². The van der Waals surface area contributed by atoms with Crippen molar-refractivity contribution in [3.8, 4) is 11.5 Å². The van der Waals surface area contributed by atoms with E-state index in [1.54, 1.807) is 45.0 Å². The number of halogens is 1. The fourth-order valence-electron chi connectivity index (χ4n) is 2.16. The predicted octanol–water partition coefficient (Wildman–Crippen LogP) is 6.41. The van der Waals surface area contributed by atoms with Crippen molar-refractivity contribution in [3.05, 3.63) is 60.4 Å². The van der Waals surface area contributed by atoms with Crippen LogP contribution in [0.1, 0.15) is 33.3 Å². The van der Waals surface area contributed by atoms with E-state index < -0.39 is 17.5 Å². The first kappa shape index (κ1) is 21.1. The lowest BCUT2D eigenvalue weighted by molar-refractivity contribution is 0.0635. The summed E-state index contributed by atoms with van der Waals surface area (Å²) < 4.78 is 25.1. The van der Waals surface area contributed by atoms with Crippen molar-refractivity contribution >= 4 is 17.5 Å². The lowest BCUT2D eigenvalue weighted by atomic mass is 10.2. The second-order valence-corrected chi connectivity index (χ2v) is 6.90. The highest BCUT2D eigenvalue weighted by molar-refractivity contribution is 5.85. The Kier molecular flexibility index (Phi) is 6.87. The van der Waals surface area contributed by atoms with Gasteiger partial charge in [0.25, 0.3) is 0 Å². The normalized spacial score (nSPS) is 11.3. The third-order valence-corrected chi connectivity index (χ3v) is 3.31. The summed E-state index contributed by atoms with van der Waals surface area (Å²) in [4.78, 5) is 11.8. The molecule has 0 unspecified atom stereocenters. The quantitative estimate of drug-likeness (QED) is 0.584. The van der Waals surface area contributed by atoms with E-state index in [1.165, 1.54) is 12.1 Å². The molecule has 1 amide bonds. The molecule has 0 fully saturated rings. The van der Waals surface area contributed by atoms with E-state index in [2.05, 4.69) is 22.1 Å². The zero-order valence-corrected chi connectivity index (χ0v) is 16.5. The van der Waals surface area contributed by atoms with E-state index >= 15 is 0 Å². The number of carbonyl (C=O) groups is 1. The molecule has 0 aliphatic carbocycles. The minimum atomic E-state index is -0.729. The number of ether oxygens (including phenoxy) is 2. The Morgan fingerprint density at radius 2 is 1.89 bits per heavy atom. The molecule has 0 aliphatic heterocycles. The van der Waals surface area contributed by atoms with Crippen molar-refractivity contribution < 1.29 is 18.7 Å². The molecule has 0 radical (unpaired) electrons. The van der Waals surface area contributed by atoms with Gasteiger partial charge in [-0.3, -0.25) is 5.32 Å². The number of nitrogens with one attached hydrogen (secondary N) is 1. The molecule has 2 rings (SSSR count). The van der Waals surface area contributed by atoms with Gasteiger partial charge in [0.1, 0.15) is 17.1 Å². The van der Waals surface area contributed by atoms with Crippen LogP contribution < -0.4 is 10.1 Å².